The summed E-state index contributed by atoms with van der Waals surface area (Å²) in [7, 11) is 0. The van der Waals surface area contributed by atoms with E-state index in [1.54, 1.807) is 0 Å². The van der Waals surface area contributed by atoms with E-state index in [0.717, 1.165) is 27.8 Å². The molecular formula is C43H27N3. The summed E-state index contributed by atoms with van der Waals surface area (Å²) in [6.07, 6.45) is 11.1. The Morgan fingerprint density at radius 2 is 0.783 bits per heavy atom. The normalized spacial score (nSPS) is 11.5. The summed E-state index contributed by atoms with van der Waals surface area (Å²) in [5.74, 6) is 0. The Morgan fingerprint density at radius 3 is 1.33 bits per heavy atom. The molecule has 0 aliphatic heterocycles. The lowest BCUT2D eigenvalue weighted by Crippen LogP contribution is -1.91. The van der Waals surface area contributed by atoms with Crippen LogP contribution in [-0.2, 0) is 0 Å². The van der Waals surface area contributed by atoms with E-state index < -0.39 is 0 Å². The second-order valence-corrected chi connectivity index (χ2v) is 11.7. The van der Waals surface area contributed by atoms with E-state index in [9.17, 15) is 0 Å². The fourth-order valence-electron chi connectivity index (χ4n) is 6.89. The minimum atomic E-state index is 1.12. The fourth-order valence-corrected chi connectivity index (χ4v) is 6.89. The van der Waals surface area contributed by atoms with Gasteiger partial charge in [0.2, 0.25) is 0 Å². The van der Waals surface area contributed by atoms with E-state index in [4.69, 9.17) is 0 Å². The lowest BCUT2D eigenvalue weighted by molar-refractivity contribution is 1.33. The molecule has 46 heavy (non-hydrogen) atoms. The maximum absolute atomic E-state index is 4.29. The van der Waals surface area contributed by atoms with Crippen LogP contribution >= 0.6 is 0 Å². The van der Waals surface area contributed by atoms with Crippen LogP contribution in [0.15, 0.2) is 165 Å². The summed E-state index contributed by atoms with van der Waals surface area (Å²) >= 11 is 0. The Morgan fingerprint density at radius 1 is 0.304 bits per heavy atom. The van der Waals surface area contributed by atoms with Crippen LogP contribution in [0.5, 0.6) is 0 Å². The second-order valence-electron chi connectivity index (χ2n) is 11.7. The van der Waals surface area contributed by atoms with E-state index in [1.807, 2.05) is 43.2 Å². The monoisotopic (exact) mass is 585 g/mol. The van der Waals surface area contributed by atoms with Gasteiger partial charge >= 0.3 is 0 Å². The van der Waals surface area contributed by atoms with Crippen molar-refractivity contribution in [1.29, 1.82) is 0 Å². The van der Waals surface area contributed by atoms with Gasteiger partial charge in [-0.25, -0.2) is 0 Å². The van der Waals surface area contributed by atoms with Crippen LogP contribution < -0.4 is 0 Å². The molecule has 3 nitrogen and oxygen atoms in total. The molecule has 9 aromatic rings. The largest absolute Gasteiger partial charge is 0.265 e. The van der Waals surface area contributed by atoms with Crippen molar-refractivity contribution in [3.8, 4) is 55.6 Å². The van der Waals surface area contributed by atoms with Crippen molar-refractivity contribution in [2.75, 3.05) is 0 Å². The van der Waals surface area contributed by atoms with Crippen LogP contribution in [0.2, 0.25) is 0 Å². The number of pyridine rings is 3. The predicted octanol–water partition coefficient (Wildman–Crippen LogP) is 11.1. The molecule has 3 aromatic heterocycles. The van der Waals surface area contributed by atoms with Crippen LogP contribution in [-0.4, -0.2) is 15.0 Å². The van der Waals surface area contributed by atoms with E-state index in [0.29, 0.717) is 0 Å². The minimum Gasteiger partial charge on any atom is -0.265 e. The van der Waals surface area contributed by atoms with Gasteiger partial charge in [-0.1, -0.05) is 78.9 Å². The van der Waals surface area contributed by atoms with Crippen LogP contribution in [0.3, 0.4) is 0 Å². The van der Waals surface area contributed by atoms with Gasteiger partial charge in [-0.15, -0.1) is 0 Å². The first kappa shape index (κ1) is 26.2. The quantitative estimate of drug-likeness (QED) is 0.189. The summed E-state index contributed by atoms with van der Waals surface area (Å²) < 4.78 is 0. The minimum absolute atomic E-state index is 1.12. The predicted molar refractivity (Wildman–Crippen MR) is 191 cm³/mol. The van der Waals surface area contributed by atoms with Crippen LogP contribution in [0.1, 0.15) is 0 Å². The van der Waals surface area contributed by atoms with Crippen molar-refractivity contribution in [2.24, 2.45) is 0 Å². The Balaban J connectivity index is 1.24. The molecule has 0 saturated carbocycles. The van der Waals surface area contributed by atoms with E-state index in [2.05, 4.69) is 136 Å². The Labute approximate surface area is 266 Å². The summed E-state index contributed by atoms with van der Waals surface area (Å²) in [6, 6.07) is 46.3. The summed E-state index contributed by atoms with van der Waals surface area (Å²) in [4.78, 5) is 12.8. The Kier molecular flexibility index (Phi) is 6.14. The molecule has 0 unspecified atom stereocenters. The summed E-state index contributed by atoms with van der Waals surface area (Å²) in [6.45, 7) is 0. The number of benzene rings is 6. The Bertz CT molecular complexity index is 2430. The first-order valence-corrected chi connectivity index (χ1v) is 15.5. The third-order valence-electron chi connectivity index (χ3n) is 9.13. The first-order valence-electron chi connectivity index (χ1n) is 15.5. The number of rotatable bonds is 5. The third-order valence-corrected chi connectivity index (χ3v) is 9.13. The number of aromatic nitrogens is 3. The van der Waals surface area contributed by atoms with E-state index >= 15 is 0 Å². The molecule has 3 heteroatoms. The molecule has 0 saturated heterocycles. The van der Waals surface area contributed by atoms with Gasteiger partial charge in [-0.2, -0.15) is 0 Å². The zero-order valence-corrected chi connectivity index (χ0v) is 24.9. The molecular weight excluding hydrogens is 558 g/mol. The SMILES string of the molecule is c1cncc(-c2ccc(-c3ccc4ccc5c(-c6cc(-c7ccncc7)cc(-c7ccncc7)c6)ccc6ccc3c4c65)cc2)c1. The van der Waals surface area contributed by atoms with Gasteiger partial charge in [0.05, 0.1) is 0 Å². The molecule has 0 fully saturated rings. The molecule has 0 spiro atoms. The summed E-state index contributed by atoms with van der Waals surface area (Å²) in [5.41, 5.74) is 11.8. The molecule has 0 aliphatic carbocycles. The van der Waals surface area contributed by atoms with Crippen molar-refractivity contribution < 1.29 is 0 Å². The highest BCUT2D eigenvalue weighted by atomic mass is 14.6. The standard InChI is InChI=1S/C43H27N3/c1-2-34(27-46-19-1)28-3-5-31(6-4-28)38-11-7-32-10-14-41-39(12-8-33-9-13-40(38)42(32)43(33)41)37-25-35(29-15-20-44-21-16-29)24-36(26-37)30-17-22-45-23-18-30/h1-27H. The highest BCUT2D eigenvalue weighted by Gasteiger charge is 2.16. The highest BCUT2D eigenvalue weighted by Crippen LogP contribution is 2.43. The van der Waals surface area contributed by atoms with Crippen LogP contribution in [0.25, 0.3) is 88.0 Å². The lowest BCUT2D eigenvalue weighted by Gasteiger charge is -2.18. The number of hydrogen-bond donors (Lipinski definition) is 0. The topological polar surface area (TPSA) is 38.7 Å². The zero-order chi connectivity index (χ0) is 30.5. The zero-order valence-electron chi connectivity index (χ0n) is 24.9. The molecule has 6 aromatic carbocycles. The van der Waals surface area contributed by atoms with Crippen molar-refractivity contribution in [1.82, 2.24) is 15.0 Å². The van der Waals surface area contributed by atoms with Crippen LogP contribution in [0, 0.1) is 0 Å². The van der Waals surface area contributed by atoms with Gasteiger partial charge in [0.25, 0.3) is 0 Å². The van der Waals surface area contributed by atoms with Gasteiger partial charge in [-0.05, 0) is 136 Å². The average molecular weight is 586 g/mol. The van der Waals surface area contributed by atoms with Crippen molar-refractivity contribution in [3.05, 3.63) is 165 Å². The van der Waals surface area contributed by atoms with Crippen molar-refractivity contribution in [3.63, 3.8) is 0 Å². The Hall–Kier alpha value is -6.19. The summed E-state index contributed by atoms with van der Waals surface area (Å²) in [5, 5.41) is 7.65. The van der Waals surface area contributed by atoms with Gasteiger partial charge < -0.3 is 0 Å². The lowest BCUT2D eigenvalue weighted by atomic mass is 9.86. The molecule has 214 valence electrons. The van der Waals surface area contributed by atoms with Crippen molar-refractivity contribution >= 4 is 32.3 Å². The molecule has 0 atom stereocenters. The van der Waals surface area contributed by atoms with E-state index in [1.165, 1.54) is 60.1 Å². The fraction of sp³-hybridized carbons (Fsp3) is 0. The number of hydrogen-bond acceptors (Lipinski definition) is 3. The van der Waals surface area contributed by atoms with Gasteiger partial charge in [0.15, 0.2) is 0 Å². The second kappa shape index (κ2) is 10.8. The molecule has 0 bridgehead atoms. The maximum atomic E-state index is 4.29. The molecule has 3 heterocycles. The molecule has 0 amide bonds. The maximum Gasteiger partial charge on any atom is 0.0346 e. The average Bonchev–Trinajstić information content (AvgIpc) is 3.14. The molecule has 0 aliphatic rings. The number of nitrogens with zero attached hydrogens (tertiary/aromatic N) is 3. The van der Waals surface area contributed by atoms with Gasteiger partial charge in [0, 0.05) is 37.2 Å². The first-order chi connectivity index (χ1) is 22.8. The highest BCUT2D eigenvalue weighted by molar-refractivity contribution is 6.27. The molecule has 0 N–H and O–H groups in total. The third kappa shape index (κ3) is 4.41. The van der Waals surface area contributed by atoms with E-state index in [-0.39, 0.29) is 0 Å². The smallest absolute Gasteiger partial charge is 0.0346 e. The molecule has 9 rings (SSSR count). The van der Waals surface area contributed by atoms with Gasteiger partial charge in [0.1, 0.15) is 0 Å². The van der Waals surface area contributed by atoms with Gasteiger partial charge in [-0.3, -0.25) is 15.0 Å². The molecule has 0 radical (unpaired) electrons. The van der Waals surface area contributed by atoms with Crippen molar-refractivity contribution in [2.45, 2.75) is 0 Å². The van der Waals surface area contributed by atoms with Crippen LogP contribution in [0.4, 0.5) is 0 Å².